The van der Waals surface area contributed by atoms with Crippen molar-refractivity contribution in [2.45, 2.75) is 0 Å². The molecule has 0 spiro atoms. The molecule has 2 heterocycles. The van der Waals surface area contributed by atoms with Gasteiger partial charge in [-0.25, -0.2) is 9.67 Å². The van der Waals surface area contributed by atoms with Crippen molar-refractivity contribution in [1.29, 1.82) is 0 Å². The molecule has 0 unspecified atom stereocenters. The van der Waals surface area contributed by atoms with Gasteiger partial charge in [0.25, 0.3) is 0 Å². The zero-order chi connectivity index (χ0) is 9.10. The summed E-state index contributed by atoms with van der Waals surface area (Å²) in [6.45, 7) is 0. The fraction of sp³-hybridized carbons (Fsp3) is 0. The smallest absolute Gasteiger partial charge is 0.217 e. The van der Waals surface area contributed by atoms with E-state index in [-0.39, 0.29) is 5.82 Å². The summed E-state index contributed by atoms with van der Waals surface area (Å²) in [5.74, 6) is 0.822. The zero-order valence-electron chi connectivity index (χ0n) is 6.66. The van der Waals surface area contributed by atoms with Crippen molar-refractivity contribution >= 4 is 5.82 Å². The summed E-state index contributed by atoms with van der Waals surface area (Å²) < 4.78 is 1.50. The maximum atomic E-state index is 10.1. The molecular formula is C8H6N4O. The number of nitroso groups, excluding NO2 is 1. The molecule has 0 aliphatic rings. The number of aromatic nitrogens is 3. The van der Waals surface area contributed by atoms with E-state index in [4.69, 9.17) is 0 Å². The number of hydrogen-bond donors (Lipinski definition) is 0. The van der Waals surface area contributed by atoms with Crippen LogP contribution in [0, 0.1) is 4.91 Å². The first-order chi connectivity index (χ1) is 6.40. The van der Waals surface area contributed by atoms with Gasteiger partial charge in [0, 0.05) is 18.5 Å². The van der Waals surface area contributed by atoms with Crippen molar-refractivity contribution in [3.05, 3.63) is 41.6 Å². The molecule has 13 heavy (non-hydrogen) atoms. The van der Waals surface area contributed by atoms with Crippen LogP contribution in [-0.4, -0.2) is 14.8 Å². The summed E-state index contributed by atoms with van der Waals surface area (Å²) in [6.07, 6.45) is 3.30. The predicted octanol–water partition coefficient (Wildman–Crippen LogP) is 1.67. The lowest BCUT2D eigenvalue weighted by molar-refractivity contribution is 0.847. The topological polar surface area (TPSA) is 60.1 Å². The van der Waals surface area contributed by atoms with Gasteiger partial charge >= 0.3 is 0 Å². The SMILES string of the molecule is O=Nc1ccn(-c2ccccn2)n1. The van der Waals surface area contributed by atoms with Crippen molar-refractivity contribution < 1.29 is 0 Å². The van der Waals surface area contributed by atoms with Gasteiger partial charge in [-0.2, -0.15) is 0 Å². The van der Waals surface area contributed by atoms with E-state index >= 15 is 0 Å². The molecule has 0 saturated heterocycles. The van der Waals surface area contributed by atoms with Gasteiger partial charge in [0.1, 0.15) is 0 Å². The number of pyridine rings is 1. The number of rotatable bonds is 2. The Morgan fingerprint density at radius 3 is 2.85 bits per heavy atom. The van der Waals surface area contributed by atoms with Crippen LogP contribution >= 0.6 is 0 Å². The van der Waals surface area contributed by atoms with Gasteiger partial charge in [-0.1, -0.05) is 6.07 Å². The van der Waals surface area contributed by atoms with Crippen LogP contribution in [0.5, 0.6) is 0 Å². The Balaban J connectivity index is 2.41. The first-order valence-corrected chi connectivity index (χ1v) is 3.70. The molecule has 0 saturated carbocycles. The molecule has 0 aromatic carbocycles. The lowest BCUT2D eigenvalue weighted by Crippen LogP contribution is -1.96. The van der Waals surface area contributed by atoms with E-state index in [1.54, 1.807) is 18.5 Å². The van der Waals surface area contributed by atoms with E-state index < -0.39 is 0 Å². The van der Waals surface area contributed by atoms with Gasteiger partial charge in [0.2, 0.25) is 5.82 Å². The van der Waals surface area contributed by atoms with Crippen molar-refractivity contribution in [2.75, 3.05) is 0 Å². The van der Waals surface area contributed by atoms with Crippen molar-refractivity contribution in [2.24, 2.45) is 5.18 Å². The molecule has 5 nitrogen and oxygen atoms in total. The number of hydrogen-bond acceptors (Lipinski definition) is 4. The molecule has 0 radical (unpaired) electrons. The third-order valence-corrected chi connectivity index (χ3v) is 1.55. The first-order valence-electron chi connectivity index (χ1n) is 3.70. The molecule has 0 fully saturated rings. The van der Waals surface area contributed by atoms with Gasteiger partial charge in [-0.15, -0.1) is 10.0 Å². The second-order valence-corrected chi connectivity index (χ2v) is 2.40. The van der Waals surface area contributed by atoms with Crippen molar-refractivity contribution in [1.82, 2.24) is 14.8 Å². The Labute approximate surface area is 74.0 Å². The first kappa shape index (κ1) is 7.60. The summed E-state index contributed by atoms with van der Waals surface area (Å²) in [7, 11) is 0. The van der Waals surface area contributed by atoms with Crippen LogP contribution in [0.25, 0.3) is 5.82 Å². The molecule has 0 amide bonds. The van der Waals surface area contributed by atoms with Crippen LogP contribution in [0.1, 0.15) is 0 Å². The predicted molar refractivity (Wildman–Crippen MR) is 46.8 cm³/mol. The van der Waals surface area contributed by atoms with Crippen LogP contribution in [0.3, 0.4) is 0 Å². The van der Waals surface area contributed by atoms with Crippen LogP contribution in [0.2, 0.25) is 0 Å². The Morgan fingerprint density at radius 2 is 2.23 bits per heavy atom. The van der Waals surface area contributed by atoms with Gasteiger partial charge in [-0.05, 0) is 17.3 Å². The van der Waals surface area contributed by atoms with Crippen LogP contribution in [0.4, 0.5) is 5.82 Å². The Bertz CT molecular complexity index is 409. The average Bonchev–Trinajstić information content (AvgIpc) is 2.67. The standard InChI is InChI=1S/C8H6N4O/c13-11-7-4-6-12(10-7)8-3-1-2-5-9-8/h1-6H. The third kappa shape index (κ3) is 1.44. The average molecular weight is 174 g/mol. The third-order valence-electron chi connectivity index (χ3n) is 1.55. The molecule has 0 atom stereocenters. The Morgan fingerprint density at radius 1 is 1.31 bits per heavy atom. The van der Waals surface area contributed by atoms with E-state index in [0.29, 0.717) is 5.82 Å². The molecular weight excluding hydrogens is 168 g/mol. The second kappa shape index (κ2) is 3.14. The van der Waals surface area contributed by atoms with E-state index in [0.717, 1.165) is 0 Å². The fourth-order valence-electron chi connectivity index (χ4n) is 0.980. The van der Waals surface area contributed by atoms with E-state index in [1.807, 2.05) is 12.1 Å². The highest BCUT2D eigenvalue weighted by Gasteiger charge is 1.99. The zero-order valence-corrected chi connectivity index (χ0v) is 6.66. The summed E-state index contributed by atoms with van der Waals surface area (Å²) >= 11 is 0. The molecule has 2 rings (SSSR count). The Hall–Kier alpha value is -2.04. The summed E-state index contributed by atoms with van der Waals surface area (Å²) in [6, 6.07) is 6.98. The lowest BCUT2D eigenvalue weighted by Gasteiger charge is -1.96. The summed E-state index contributed by atoms with van der Waals surface area (Å²) in [5, 5.41) is 6.58. The van der Waals surface area contributed by atoms with Crippen molar-refractivity contribution in [3.63, 3.8) is 0 Å². The molecule has 2 aromatic heterocycles. The van der Waals surface area contributed by atoms with E-state index in [9.17, 15) is 4.91 Å². The van der Waals surface area contributed by atoms with Crippen LogP contribution in [-0.2, 0) is 0 Å². The van der Waals surface area contributed by atoms with Crippen LogP contribution in [0.15, 0.2) is 41.8 Å². The highest BCUT2D eigenvalue weighted by molar-refractivity contribution is 5.28. The molecule has 0 aliphatic carbocycles. The monoisotopic (exact) mass is 174 g/mol. The van der Waals surface area contributed by atoms with Gasteiger partial charge in [-0.3, -0.25) is 0 Å². The van der Waals surface area contributed by atoms with Gasteiger partial charge in [0.05, 0.1) is 0 Å². The largest absolute Gasteiger partial charge is 0.237 e. The molecule has 2 aromatic rings. The highest BCUT2D eigenvalue weighted by atomic mass is 16.3. The summed E-state index contributed by atoms with van der Waals surface area (Å²) in [4.78, 5) is 14.2. The molecule has 0 aliphatic heterocycles. The highest BCUT2D eigenvalue weighted by Crippen LogP contribution is 2.09. The normalized spacial score (nSPS) is 9.85. The lowest BCUT2D eigenvalue weighted by atomic mass is 10.5. The molecule has 5 heteroatoms. The maximum absolute atomic E-state index is 10.1. The van der Waals surface area contributed by atoms with Gasteiger partial charge in [0.15, 0.2) is 5.82 Å². The Kier molecular flexibility index (Phi) is 1.84. The van der Waals surface area contributed by atoms with Crippen molar-refractivity contribution in [3.8, 4) is 5.82 Å². The molecule has 0 N–H and O–H groups in total. The minimum atomic E-state index is 0.158. The molecule has 64 valence electrons. The minimum absolute atomic E-state index is 0.158. The van der Waals surface area contributed by atoms with E-state index in [1.165, 1.54) is 10.7 Å². The summed E-state index contributed by atoms with van der Waals surface area (Å²) in [5.41, 5.74) is 0. The quantitative estimate of drug-likeness (QED) is 0.650. The maximum Gasteiger partial charge on any atom is 0.217 e. The molecule has 0 bridgehead atoms. The number of nitrogens with zero attached hydrogens (tertiary/aromatic N) is 4. The van der Waals surface area contributed by atoms with E-state index in [2.05, 4.69) is 15.3 Å². The second-order valence-electron chi connectivity index (χ2n) is 2.40. The minimum Gasteiger partial charge on any atom is -0.237 e. The van der Waals surface area contributed by atoms with Gasteiger partial charge < -0.3 is 0 Å². The fourth-order valence-corrected chi connectivity index (χ4v) is 0.980. The van der Waals surface area contributed by atoms with Crippen LogP contribution < -0.4 is 0 Å².